The Balaban J connectivity index is 2.01. The van der Waals surface area contributed by atoms with Gasteiger partial charge in [0.15, 0.2) is 0 Å². The normalized spacial score (nSPS) is 10.4. The molecule has 0 aliphatic rings. The van der Waals surface area contributed by atoms with E-state index in [9.17, 15) is 14.5 Å². The third-order valence-corrected chi connectivity index (χ3v) is 3.18. The standard InChI is InChI=1S/C15H16FN3O2/c1-10-6-12(16)3-2-11(10)4-5-18-14-7-13(17)8-15(9-14)19(20)21/h2-3,6-9,18H,4-5,17H2,1H3. The van der Waals surface area contributed by atoms with Gasteiger partial charge in [-0.1, -0.05) is 6.07 Å². The number of aryl methyl sites for hydroxylation is 1. The zero-order chi connectivity index (χ0) is 15.4. The van der Waals surface area contributed by atoms with Crippen LogP contribution in [0.3, 0.4) is 0 Å². The number of non-ortho nitro benzene ring substituents is 1. The van der Waals surface area contributed by atoms with Gasteiger partial charge >= 0.3 is 0 Å². The lowest BCUT2D eigenvalue weighted by Crippen LogP contribution is -2.07. The van der Waals surface area contributed by atoms with Crippen molar-refractivity contribution >= 4 is 17.1 Å². The van der Waals surface area contributed by atoms with Gasteiger partial charge in [-0.3, -0.25) is 10.1 Å². The fourth-order valence-corrected chi connectivity index (χ4v) is 2.12. The van der Waals surface area contributed by atoms with E-state index in [1.54, 1.807) is 12.1 Å². The topological polar surface area (TPSA) is 81.2 Å². The van der Waals surface area contributed by atoms with E-state index in [0.717, 1.165) is 11.1 Å². The lowest BCUT2D eigenvalue weighted by molar-refractivity contribution is -0.384. The molecule has 6 heteroatoms. The van der Waals surface area contributed by atoms with Crippen LogP contribution in [0.25, 0.3) is 0 Å². The quantitative estimate of drug-likeness (QED) is 0.503. The van der Waals surface area contributed by atoms with Crippen LogP contribution in [0.5, 0.6) is 0 Å². The highest BCUT2D eigenvalue weighted by Crippen LogP contribution is 2.22. The van der Waals surface area contributed by atoms with E-state index in [-0.39, 0.29) is 11.5 Å². The summed E-state index contributed by atoms with van der Waals surface area (Å²) in [6.07, 6.45) is 0.689. The van der Waals surface area contributed by atoms with Gasteiger partial charge in [-0.05, 0) is 42.7 Å². The van der Waals surface area contributed by atoms with E-state index in [2.05, 4.69) is 5.32 Å². The van der Waals surface area contributed by atoms with Crippen LogP contribution in [-0.4, -0.2) is 11.5 Å². The van der Waals surface area contributed by atoms with Crippen molar-refractivity contribution in [2.75, 3.05) is 17.6 Å². The first-order chi connectivity index (χ1) is 9.95. The Morgan fingerprint density at radius 1 is 1.29 bits per heavy atom. The molecule has 0 aliphatic heterocycles. The minimum atomic E-state index is -0.480. The van der Waals surface area contributed by atoms with Gasteiger partial charge < -0.3 is 11.1 Å². The van der Waals surface area contributed by atoms with Crippen molar-refractivity contribution in [1.29, 1.82) is 0 Å². The number of nitro benzene ring substituents is 1. The van der Waals surface area contributed by atoms with Gasteiger partial charge in [-0.2, -0.15) is 0 Å². The Bertz CT molecular complexity index is 674. The molecule has 0 saturated heterocycles. The number of nitrogens with two attached hydrogens (primary N) is 1. The van der Waals surface area contributed by atoms with Crippen LogP contribution in [0.4, 0.5) is 21.5 Å². The Kier molecular flexibility index (Phi) is 4.37. The van der Waals surface area contributed by atoms with Crippen LogP contribution in [-0.2, 0) is 6.42 Å². The molecule has 0 saturated carbocycles. The van der Waals surface area contributed by atoms with Gasteiger partial charge in [0, 0.05) is 30.1 Å². The maximum absolute atomic E-state index is 13.0. The molecule has 2 aromatic carbocycles. The first-order valence-corrected chi connectivity index (χ1v) is 6.49. The highest BCUT2D eigenvalue weighted by molar-refractivity contribution is 5.61. The molecular weight excluding hydrogens is 273 g/mol. The Labute approximate surface area is 121 Å². The van der Waals surface area contributed by atoms with Crippen LogP contribution >= 0.6 is 0 Å². The molecule has 2 rings (SSSR count). The zero-order valence-electron chi connectivity index (χ0n) is 11.6. The lowest BCUT2D eigenvalue weighted by Gasteiger charge is -2.09. The maximum Gasteiger partial charge on any atom is 0.273 e. The fourth-order valence-electron chi connectivity index (χ4n) is 2.12. The second kappa shape index (κ2) is 6.21. The van der Waals surface area contributed by atoms with Crippen molar-refractivity contribution in [2.24, 2.45) is 0 Å². The summed E-state index contributed by atoms with van der Waals surface area (Å²) in [5.41, 5.74) is 8.44. The maximum atomic E-state index is 13.0. The summed E-state index contributed by atoms with van der Waals surface area (Å²) in [5, 5.41) is 13.9. The molecule has 0 bridgehead atoms. The van der Waals surface area contributed by atoms with Crippen molar-refractivity contribution in [1.82, 2.24) is 0 Å². The Morgan fingerprint density at radius 3 is 2.71 bits per heavy atom. The predicted octanol–water partition coefficient (Wildman–Crippen LogP) is 3.28. The molecule has 0 amide bonds. The Morgan fingerprint density at radius 2 is 2.05 bits per heavy atom. The number of nitrogen functional groups attached to an aromatic ring is 1. The molecule has 0 fully saturated rings. The number of halogens is 1. The molecule has 5 nitrogen and oxygen atoms in total. The molecule has 0 unspecified atom stereocenters. The number of nitrogens with one attached hydrogen (secondary N) is 1. The van der Waals surface area contributed by atoms with Crippen LogP contribution in [0.1, 0.15) is 11.1 Å². The summed E-state index contributed by atoms with van der Waals surface area (Å²) in [6, 6.07) is 9.05. The number of hydrogen-bond donors (Lipinski definition) is 2. The molecule has 0 spiro atoms. The van der Waals surface area contributed by atoms with Gasteiger partial charge in [0.2, 0.25) is 0 Å². The molecule has 110 valence electrons. The van der Waals surface area contributed by atoms with Crippen LogP contribution in [0.15, 0.2) is 36.4 Å². The Hall–Kier alpha value is -2.63. The van der Waals surface area contributed by atoms with Crippen LogP contribution in [0.2, 0.25) is 0 Å². The number of nitro groups is 1. The number of hydrogen-bond acceptors (Lipinski definition) is 4. The molecule has 21 heavy (non-hydrogen) atoms. The zero-order valence-corrected chi connectivity index (χ0v) is 11.6. The van der Waals surface area contributed by atoms with E-state index in [1.165, 1.54) is 24.3 Å². The average molecular weight is 289 g/mol. The monoisotopic (exact) mass is 289 g/mol. The summed E-state index contributed by atoms with van der Waals surface area (Å²) < 4.78 is 13.0. The smallest absolute Gasteiger partial charge is 0.273 e. The lowest BCUT2D eigenvalue weighted by atomic mass is 10.1. The van der Waals surface area contributed by atoms with Gasteiger partial charge in [0.1, 0.15) is 5.82 Å². The summed E-state index contributed by atoms with van der Waals surface area (Å²) in [5.74, 6) is -0.254. The van der Waals surface area contributed by atoms with Crippen molar-refractivity contribution in [3.63, 3.8) is 0 Å². The highest BCUT2D eigenvalue weighted by atomic mass is 19.1. The molecule has 0 radical (unpaired) electrons. The minimum Gasteiger partial charge on any atom is -0.398 e. The van der Waals surface area contributed by atoms with Crippen molar-refractivity contribution in [3.05, 3.63) is 63.5 Å². The van der Waals surface area contributed by atoms with E-state index >= 15 is 0 Å². The van der Waals surface area contributed by atoms with Gasteiger partial charge in [0.05, 0.1) is 4.92 Å². The summed E-state index contributed by atoms with van der Waals surface area (Å²) in [4.78, 5) is 10.3. The molecule has 2 aromatic rings. The predicted molar refractivity (Wildman–Crippen MR) is 80.8 cm³/mol. The summed E-state index contributed by atoms with van der Waals surface area (Å²) >= 11 is 0. The van der Waals surface area contributed by atoms with E-state index < -0.39 is 4.92 Å². The van der Waals surface area contributed by atoms with E-state index in [1.807, 2.05) is 6.92 Å². The molecule has 0 aromatic heterocycles. The number of anilines is 2. The third kappa shape index (κ3) is 3.92. The van der Waals surface area contributed by atoms with Gasteiger partial charge in [0.25, 0.3) is 5.69 Å². The summed E-state index contributed by atoms with van der Waals surface area (Å²) in [6.45, 7) is 2.43. The van der Waals surface area contributed by atoms with Crippen molar-refractivity contribution < 1.29 is 9.31 Å². The fraction of sp³-hybridized carbons (Fsp3) is 0.200. The van der Waals surface area contributed by atoms with Crippen LogP contribution in [0, 0.1) is 22.9 Å². The minimum absolute atomic E-state index is 0.0459. The molecule has 0 aliphatic carbocycles. The first kappa shape index (κ1) is 14.8. The number of nitrogens with zero attached hydrogens (tertiary/aromatic N) is 1. The molecule has 3 N–H and O–H groups in total. The number of rotatable bonds is 5. The first-order valence-electron chi connectivity index (χ1n) is 6.49. The SMILES string of the molecule is Cc1cc(F)ccc1CCNc1cc(N)cc([N+](=O)[O-])c1. The molecule has 0 heterocycles. The second-order valence-corrected chi connectivity index (χ2v) is 4.82. The van der Waals surface area contributed by atoms with Gasteiger partial charge in [-0.15, -0.1) is 0 Å². The average Bonchev–Trinajstić information content (AvgIpc) is 2.40. The van der Waals surface area contributed by atoms with E-state index in [0.29, 0.717) is 24.3 Å². The third-order valence-electron chi connectivity index (χ3n) is 3.18. The van der Waals surface area contributed by atoms with Crippen LogP contribution < -0.4 is 11.1 Å². The number of benzene rings is 2. The van der Waals surface area contributed by atoms with Crippen molar-refractivity contribution in [2.45, 2.75) is 13.3 Å². The second-order valence-electron chi connectivity index (χ2n) is 4.82. The molecular formula is C15H16FN3O2. The summed E-state index contributed by atoms with van der Waals surface area (Å²) in [7, 11) is 0. The highest BCUT2D eigenvalue weighted by Gasteiger charge is 2.08. The van der Waals surface area contributed by atoms with Crippen molar-refractivity contribution in [3.8, 4) is 0 Å². The van der Waals surface area contributed by atoms with Gasteiger partial charge in [-0.25, -0.2) is 4.39 Å². The van der Waals surface area contributed by atoms with E-state index in [4.69, 9.17) is 5.73 Å². The molecule has 0 atom stereocenters. The largest absolute Gasteiger partial charge is 0.398 e.